The summed E-state index contributed by atoms with van der Waals surface area (Å²) in [5.74, 6) is 0.912. The predicted molar refractivity (Wildman–Crippen MR) is 131 cm³/mol. The Morgan fingerprint density at radius 2 is 1.88 bits per heavy atom. The first-order valence-corrected chi connectivity index (χ1v) is 14.3. The third-order valence-electron chi connectivity index (χ3n) is 5.25. The van der Waals surface area contributed by atoms with Crippen LogP contribution >= 0.6 is 0 Å². The number of hydrogen-bond acceptors (Lipinski definition) is 6. The molecule has 4 aromatic heterocycles. The Hall–Kier alpha value is -3.30. The van der Waals surface area contributed by atoms with E-state index in [9.17, 15) is 4.79 Å². The predicted octanol–water partition coefficient (Wildman–Crippen LogP) is 4.59. The molecule has 1 amide bonds. The summed E-state index contributed by atoms with van der Waals surface area (Å²) in [6, 6.07) is 10.3. The van der Waals surface area contributed by atoms with E-state index in [0.29, 0.717) is 30.5 Å². The van der Waals surface area contributed by atoms with Crippen LogP contribution < -0.4 is 10.6 Å². The molecule has 0 radical (unpaired) electrons. The first-order valence-electron chi connectivity index (χ1n) is 10.6. The number of anilines is 2. The monoisotopic (exact) mass is 448 g/mol. The highest BCUT2D eigenvalue weighted by atomic mass is 28.3. The smallest absolute Gasteiger partial charge is 0.258 e. The average Bonchev–Trinajstić information content (AvgIpc) is 3.09. The van der Waals surface area contributed by atoms with E-state index in [1.165, 1.54) is 6.20 Å². The van der Waals surface area contributed by atoms with Crippen LogP contribution in [0.25, 0.3) is 21.9 Å². The summed E-state index contributed by atoms with van der Waals surface area (Å²) in [6.07, 6.45) is 5.14. The van der Waals surface area contributed by atoms with Gasteiger partial charge in [-0.25, -0.2) is 9.97 Å². The van der Waals surface area contributed by atoms with E-state index in [0.717, 1.165) is 28.0 Å². The van der Waals surface area contributed by atoms with E-state index in [1.807, 2.05) is 22.9 Å². The summed E-state index contributed by atoms with van der Waals surface area (Å²) < 4.78 is 8.06. The molecule has 0 saturated heterocycles. The summed E-state index contributed by atoms with van der Waals surface area (Å²) in [7, 11) is 0.614. The van der Waals surface area contributed by atoms with Crippen LogP contribution in [0.15, 0.2) is 48.9 Å². The number of carbonyl (C=O) groups excluding carboxylic acids is 1. The molecule has 0 aromatic carbocycles. The first-order chi connectivity index (χ1) is 15.4. The number of amides is 1. The Morgan fingerprint density at radius 1 is 1.06 bits per heavy atom. The maximum Gasteiger partial charge on any atom is 0.258 e. The van der Waals surface area contributed by atoms with Gasteiger partial charge in [0.2, 0.25) is 0 Å². The van der Waals surface area contributed by atoms with Crippen LogP contribution in [0.1, 0.15) is 10.4 Å². The number of nitrogens with zero attached hydrogens (tertiary/aromatic N) is 4. The molecule has 0 aliphatic carbocycles. The number of aromatic nitrogens is 4. The van der Waals surface area contributed by atoms with Crippen LogP contribution in [0.3, 0.4) is 0 Å². The van der Waals surface area contributed by atoms with Gasteiger partial charge in [0.25, 0.3) is 5.91 Å². The highest BCUT2D eigenvalue weighted by molar-refractivity contribution is 6.76. The molecule has 4 aromatic rings. The average molecular weight is 449 g/mol. The number of nitrogens with one attached hydrogen (secondary N) is 2. The van der Waals surface area contributed by atoms with Crippen molar-refractivity contribution in [2.24, 2.45) is 0 Å². The molecule has 8 nitrogen and oxygen atoms in total. The van der Waals surface area contributed by atoms with Gasteiger partial charge in [0.15, 0.2) is 0 Å². The normalized spacial score (nSPS) is 11.8. The number of hydrogen-bond donors (Lipinski definition) is 2. The lowest BCUT2D eigenvalue weighted by atomic mass is 10.2. The Bertz CT molecular complexity index is 1250. The van der Waals surface area contributed by atoms with Crippen LogP contribution in [0, 0.1) is 0 Å². The zero-order chi connectivity index (χ0) is 22.7. The van der Waals surface area contributed by atoms with Gasteiger partial charge in [-0.3, -0.25) is 9.78 Å². The topological polar surface area (TPSA) is 94.0 Å². The van der Waals surface area contributed by atoms with Crippen molar-refractivity contribution in [3.63, 3.8) is 0 Å². The molecule has 0 bridgehead atoms. The van der Waals surface area contributed by atoms with Crippen LogP contribution in [0.5, 0.6) is 0 Å². The molecule has 0 unspecified atom stereocenters. The molecular formula is C23H28N6O2Si. The molecule has 166 valence electrons. The lowest BCUT2D eigenvalue weighted by Gasteiger charge is -2.16. The van der Waals surface area contributed by atoms with E-state index in [1.54, 1.807) is 31.4 Å². The molecule has 0 atom stereocenters. The number of rotatable bonds is 8. The molecule has 4 rings (SSSR count). The number of fused-ring (bicyclic) bond motifs is 3. The molecule has 0 aliphatic heterocycles. The fourth-order valence-electron chi connectivity index (χ4n) is 3.41. The van der Waals surface area contributed by atoms with Gasteiger partial charge in [0, 0.05) is 51.1 Å². The molecule has 0 fully saturated rings. The van der Waals surface area contributed by atoms with E-state index >= 15 is 0 Å². The van der Waals surface area contributed by atoms with Crippen molar-refractivity contribution in [1.82, 2.24) is 19.5 Å². The van der Waals surface area contributed by atoms with Crippen LogP contribution in [-0.2, 0) is 11.5 Å². The van der Waals surface area contributed by atoms with Gasteiger partial charge in [0.1, 0.15) is 24.0 Å². The van der Waals surface area contributed by atoms with E-state index < -0.39 is 8.07 Å². The quantitative estimate of drug-likeness (QED) is 0.303. The Labute approximate surface area is 188 Å². The second-order valence-electron chi connectivity index (χ2n) is 8.87. The van der Waals surface area contributed by atoms with Gasteiger partial charge in [-0.15, -0.1) is 0 Å². The van der Waals surface area contributed by atoms with Gasteiger partial charge < -0.3 is 19.9 Å². The van der Waals surface area contributed by atoms with Crippen molar-refractivity contribution in [2.75, 3.05) is 24.3 Å². The molecule has 9 heteroatoms. The number of pyridine rings is 3. The standard InChI is InChI=1S/C23H28N6O2Si/c1-24-20-7-5-16(13-26-20)23(30)28-21-8-6-17-18-14-25-10-9-19(18)29(22(17)27-21)15-31-11-12-32(2,3)4/h5-10,13-14H,11-12,15H2,1-4H3,(H,24,26)(H,27,28,30). The summed E-state index contributed by atoms with van der Waals surface area (Å²) in [4.78, 5) is 25.9. The van der Waals surface area contributed by atoms with Crippen LogP contribution in [-0.4, -0.2) is 47.2 Å². The molecule has 0 saturated carbocycles. The zero-order valence-electron chi connectivity index (χ0n) is 18.8. The lowest BCUT2D eigenvalue weighted by molar-refractivity contribution is 0.0926. The zero-order valence-corrected chi connectivity index (χ0v) is 19.8. The van der Waals surface area contributed by atoms with Gasteiger partial charge in [-0.05, 0) is 36.4 Å². The summed E-state index contributed by atoms with van der Waals surface area (Å²) in [6.45, 7) is 8.12. The fraction of sp³-hybridized carbons (Fsp3) is 0.304. The molecule has 2 N–H and O–H groups in total. The third-order valence-corrected chi connectivity index (χ3v) is 6.95. The van der Waals surface area contributed by atoms with Crippen LogP contribution in [0.4, 0.5) is 11.6 Å². The highest BCUT2D eigenvalue weighted by Crippen LogP contribution is 2.28. The van der Waals surface area contributed by atoms with Gasteiger partial charge >= 0.3 is 0 Å². The van der Waals surface area contributed by atoms with Crippen molar-refractivity contribution >= 4 is 47.6 Å². The molecule has 4 heterocycles. The van der Waals surface area contributed by atoms with Crippen LogP contribution in [0.2, 0.25) is 25.7 Å². The second-order valence-corrected chi connectivity index (χ2v) is 14.5. The maximum atomic E-state index is 12.7. The Morgan fingerprint density at radius 3 is 2.59 bits per heavy atom. The van der Waals surface area contributed by atoms with Crippen molar-refractivity contribution in [2.45, 2.75) is 32.4 Å². The van der Waals surface area contributed by atoms with Gasteiger partial charge in [-0.2, -0.15) is 0 Å². The molecule has 32 heavy (non-hydrogen) atoms. The minimum absolute atomic E-state index is 0.261. The Balaban J connectivity index is 1.61. The molecule has 0 spiro atoms. The number of ether oxygens (including phenoxy) is 1. The summed E-state index contributed by atoms with van der Waals surface area (Å²) >= 11 is 0. The highest BCUT2D eigenvalue weighted by Gasteiger charge is 2.16. The number of carbonyl (C=O) groups is 1. The van der Waals surface area contributed by atoms with E-state index in [4.69, 9.17) is 9.72 Å². The van der Waals surface area contributed by atoms with Crippen molar-refractivity contribution in [3.05, 3.63) is 54.5 Å². The minimum Gasteiger partial charge on any atom is -0.373 e. The van der Waals surface area contributed by atoms with Gasteiger partial charge in [0.05, 0.1) is 11.1 Å². The first kappa shape index (κ1) is 21.9. The van der Waals surface area contributed by atoms with E-state index in [2.05, 4.69) is 40.2 Å². The molecule has 0 aliphatic rings. The lowest BCUT2D eigenvalue weighted by Crippen LogP contribution is -2.22. The second kappa shape index (κ2) is 9.05. The minimum atomic E-state index is -1.17. The summed E-state index contributed by atoms with van der Waals surface area (Å²) in [5, 5.41) is 7.79. The Kier molecular flexibility index (Phi) is 6.20. The fourth-order valence-corrected chi connectivity index (χ4v) is 4.16. The SMILES string of the molecule is CNc1ccc(C(=O)Nc2ccc3c4cnccc4n(COCC[Si](C)(C)C)c3n2)cn1. The van der Waals surface area contributed by atoms with Crippen molar-refractivity contribution in [1.29, 1.82) is 0 Å². The van der Waals surface area contributed by atoms with Gasteiger partial charge in [-0.1, -0.05) is 19.6 Å². The van der Waals surface area contributed by atoms with E-state index in [-0.39, 0.29) is 5.91 Å². The maximum absolute atomic E-state index is 12.7. The van der Waals surface area contributed by atoms with Crippen molar-refractivity contribution in [3.8, 4) is 0 Å². The molecular weight excluding hydrogens is 420 g/mol. The van der Waals surface area contributed by atoms with Crippen molar-refractivity contribution < 1.29 is 9.53 Å². The largest absolute Gasteiger partial charge is 0.373 e. The summed E-state index contributed by atoms with van der Waals surface area (Å²) in [5.41, 5.74) is 2.22. The third kappa shape index (κ3) is 4.79.